The summed E-state index contributed by atoms with van der Waals surface area (Å²) >= 11 is 0. The average Bonchev–Trinajstić information content (AvgIpc) is 3.39. The third-order valence-electron chi connectivity index (χ3n) is 8.22. The van der Waals surface area contributed by atoms with Gasteiger partial charge in [0.15, 0.2) is 5.58 Å². The van der Waals surface area contributed by atoms with E-state index in [0.717, 1.165) is 33.5 Å². The molecule has 0 radical (unpaired) electrons. The Morgan fingerprint density at radius 2 is 1.26 bits per heavy atom. The highest BCUT2D eigenvalue weighted by molar-refractivity contribution is 5.93. The van der Waals surface area contributed by atoms with E-state index >= 15 is 0 Å². The summed E-state index contributed by atoms with van der Waals surface area (Å²) in [6, 6.07) is 28.1. The van der Waals surface area contributed by atoms with Crippen LogP contribution in [0.15, 0.2) is 88.3 Å². The highest BCUT2D eigenvalue weighted by atomic mass is 16.3. The molecule has 0 aliphatic heterocycles. The zero-order valence-corrected chi connectivity index (χ0v) is 27.5. The molecule has 3 nitrogen and oxygen atoms in total. The van der Waals surface area contributed by atoms with Crippen LogP contribution >= 0.6 is 0 Å². The molecule has 5 aromatic rings. The van der Waals surface area contributed by atoms with E-state index in [-0.39, 0.29) is 10.8 Å². The summed E-state index contributed by atoms with van der Waals surface area (Å²) in [6.45, 7) is 22.5. The third-order valence-corrected chi connectivity index (χ3v) is 8.22. The van der Waals surface area contributed by atoms with Crippen molar-refractivity contribution in [1.29, 1.82) is 0 Å². The van der Waals surface area contributed by atoms with Crippen molar-refractivity contribution >= 4 is 23.0 Å². The number of hydrogen-bond acceptors (Lipinski definition) is 3. The van der Waals surface area contributed by atoms with Crippen molar-refractivity contribution in [1.82, 2.24) is 4.98 Å². The fourth-order valence-corrected chi connectivity index (χ4v) is 5.30. The molecule has 43 heavy (non-hydrogen) atoms. The van der Waals surface area contributed by atoms with Gasteiger partial charge in [0.25, 0.3) is 0 Å². The predicted molar refractivity (Wildman–Crippen MR) is 184 cm³/mol. The minimum atomic E-state index is 0.0439. The van der Waals surface area contributed by atoms with Gasteiger partial charge in [0.2, 0.25) is 5.89 Å². The van der Waals surface area contributed by atoms with Gasteiger partial charge in [0.05, 0.1) is 11.3 Å². The summed E-state index contributed by atoms with van der Waals surface area (Å²) < 4.78 is 6.41. The van der Waals surface area contributed by atoms with E-state index < -0.39 is 0 Å². The number of rotatable bonds is 6. The van der Waals surface area contributed by atoms with Gasteiger partial charge in [-0.05, 0) is 86.4 Å². The number of nitrogens with zero attached hydrogens (tertiary/aromatic N) is 2. The molecule has 0 aliphatic carbocycles. The van der Waals surface area contributed by atoms with Crippen molar-refractivity contribution in [3.05, 3.63) is 107 Å². The first kappa shape index (κ1) is 30.5. The van der Waals surface area contributed by atoms with E-state index in [1.807, 2.05) is 36.5 Å². The summed E-state index contributed by atoms with van der Waals surface area (Å²) in [4.78, 5) is 10.1. The lowest BCUT2D eigenvalue weighted by atomic mass is 9.79. The van der Waals surface area contributed by atoms with E-state index in [1.165, 1.54) is 27.8 Å². The van der Waals surface area contributed by atoms with Gasteiger partial charge in [-0.25, -0.2) is 4.98 Å². The molecule has 0 bridgehead atoms. The molecule has 0 spiro atoms. The van der Waals surface area contributed by atoms with Crippen LogP contribution < -0.4 is 0 Å². The molecule has 1 heterocycles. The number of oxazole rings is 1. The molecule has 0 saturated carbocycles. The Morgan fingerprint density at radius 3 is 1.84 bits per heavy atom. The first-order valence-corrected chi connectivity index (χ1v) is 15.5. The zero-order chi connectivity index (χ0) is 31.1. The minimum absolute atomic E-state index is 0.0439. The topological polar surface area (TPSA) is 38.4 Å². The van der Waals surface area contributed by atoms with Crippen LogP contribution in [0.4, 0.5) is 5.69 Å². The molecule has 4 aromatic carbocycles. The van der Waals surface area contributed by atoms with Crippen molar-refractivity contribution in [2.45, 2.75) is 91.9 Å². The third kappa shape index (κ3) is 6.67. The molecule has 0 aliphatic rings. The van der Waals surface area contributed by atoms with Crippen molar-refractivity contribution < 1.29 is 4.42 Å². The van der Waals surface area contributed by atoms with Gasteiger partial charge >= 0.3 is 0 Å². The van der Waals surface area contributed by atoms with E-state index in [4.69, 9.17) is 14.4 Å². The Hall–Kier alpha value is -3.98. The Balaban J connectivity index is 1.58. The Labute approximate surface area is 258 Å². The van der Waals surface area contributed by atoms with Crippen LogP contribution in [0.3, 0.4) is 0 Å². The van der Waals surface area contributed by atoms with Crippen molar-refractivity contribution in [3.63, 3.8) is 0 Å². The van der Waals surface area contributed by atoms with Gasteiger partial charge in [-0.3, -0.25) is 4.99 Å². The summed E-state index contributed by atoms with van der Waals surface area (Å²) in [5, 5.41) is 0. The average molecular weight is 571 g/mol. The Morgan fingerprint density at radius 1 is 0.674 bits per heavy atom. The van der Waals surface area contributed by atoms with E-state index in [2.05, 4.69) is 118 Å². The number of hydrogen-bond donors (Lipinski definition) is 0. The van der Waals surface area contributed by atoms with Crippen LogP contribution in [-0.2, 0) is 10.8 Å². The molecule has 0 unspecified atom stereocenters. The largest absolute Gasteiger partial charge is 0.436 e. The lowest BCUT2D eigenvalue weighted by Crippen LogP contribution is -2.17. The number of aromatic nitrogens is 1. The molecule has 0 amide bonds. The van der Waals surface area contributed by atoms with Gasteiger partial charge in [0.1, 0.15) is 5.52 Å². The quantitative estimate of drug-likeness (QED) is 0.190. The van der Waals surface area contributed by atoms with Crippen molar-refractivity contribution in [2.24, 2.45) is 4.99 Å². The van der Waals surface area contributed by atoms with E-state index in [1.54, 1.807) is 0 Å². The fraction of sp³-hybridized carbons (Fsp3) is 0.350. The summed E-state index contributed by atoms with van der Waals surface area (Å²) in [5.41, 5.74) is 12.1. The molecule has 1 aromatic heterocycles. The van der Waals surface area contributed by atoms with E-state index in [0.29, 0.717) is 17.7 Å². The van der Waals surface area contributed by atoms with Crippen LogP contribution in [0.5, 0.6) is 0 Å². The van der Waals surface area contributed by atoms with Gasteiger partial charge in [0, 0.05) is 11.8 Å². The van der Waals surface area contributed by atoms with Crippen LogP contribution in [0.25, 0.3) is 33.7 Å². The SMILES string of the molecule is CC(C)c1cc(-c2cccc3oc(-c4ccccc4N=Cc4cc(C(C)(C)C)cc(C(C)(C)C)c4)nc23)cc(C(C)C)c1. The molecule has 222 valence electrons. The Kier molecular flexibility index (Phi) is 8.22. The van der Waals surface area contributed by atoms with Gasteiger partial charge < -0.3 is 4.42 Å². The van der Waals surface area contributed by atoms with Gasteiger partial charge in [-0.1, -0.05) is 118 Å². The molecular weight excluding hydrogens is 524 g/mol. The summed E-state index contributed by atoms with van der Waals surface area (Å²) in [7, 11) is 0. The molecule has 0 atom stereocenters. The summed E-state index contributed by atoms with van der Waals surface area (Å²) in [5.74, 6) is 1.47. The molecule has 0 saturated heterocycles. The second kappa shape index (κ2) is 11.6. The monoisotopic (exact) mass is 570 g/mol. The van der Waals surface area contributed by atoms with Crippen LogP contribution in [0.2, 0.25) is 0 Å². The second-order valence-corrected chi connectivity index (χ2v) is 14.5. The summed E-state index contributed by atoms with van der Waals surface area (Å²) in [6.07, 6.45) is 1.97. The molecule has 0 N–H and O–H groups in total. The van der Waals surface area contributed by atoms with Gasteiger partial charge in [-0.2, -0.15) is 0 Å². The van der Waals surface area contributed by atoms with Gasteiger partial charge in [-0.15, -0.1) is 0 Å². The number of aliphatic imine (C=N–C) groups is 1. The lowest BCUT2D eigenvalue weighted by Gasteiger charge is -2.25. The first-order chi connectivity index (χ1) is 20.2. The normalized spacial score (nSPS) is 12.7. The van der Waals surface area contributed by atoms with Crippen LogP contribution in [0.1, 0.15) is 109 Å². The van der Waals surface area contributed by atoms with E-state index in [9.17, 15) is 0 Å². The predicted octanol–water partition coefficient (Wildman–Crippen LogP) is 11.8. The molecule has 0 fully saturated rings. The maximum absolute atomic E-state index is 6.41. The van der Waals surface area contributed by atoms with Crippen molar-refractivity contribution in [3.8, 4) is 22.6 Å². The van der Waals surface area contributed by atoms with Crippen LogP contribution in [0, 0.1) is 0 Å². The maximum Gasteiger partial charge on any atom is 0.229 e. The highest BCUT2D eigenvalue weighted by Crippen LogP contribution is 2.37. The Bertz CT molecular complexity index is 1730. The van der Waals surface area contributed by atoms with Crippen molar-refractivity contribution in [2.75, 3.05) is 0 Å². The lowest BCUT2D eigenvalue weighted by molar-refractivity contribution is 0.568. The smallest absolute Gasteiger partial charge is 0.229 e. The molecular formula is C40H46N2O. The number of para-hydroxylation sites is 2. The molecule has 5 rings (SSSR count). The second-order valence-electron chi connectivity index (χ2n) is 14.5. The maximum atomic E-state index is 6.41. The standard InChI is InChI=1S/C40H46N2O/c1-25(2)28-20-29(26(3)4)22-30(21-28)33-15-13-17-36-37(33)42-38(43-36)34-14-11-12-16-35(34)41-24-27-18-31(39(5,6)7)23-32(19-27)40(8,9)10/h11-26H,1-10H3. The van der Waals surface area contributed by atoms with Crippen LogP contribution in [-0.4, -0.2) is 11.2 Å². The zero-order valence-electron chi connectivity index (χ0n) is 27.5. The highest BCUT2D eigenvalue weighted by Gasteiger charge is 2.21. The number of benzene rings is 4. The fourth-order valence-electron chi connectivity index (χ4n) is 5.30. The number of fused-ring (bicyclic) bond motifs is 1. The molecule has 3 heteroatoms. The minimum Gasteiger partial charge on any atom is -0.436 e. The first-order valence-electron chi connectivity index (χ1n) is 15.5.